The van der Waals surface area contributed by atoms with Gasteiger partial charge < -0.3 is 14.8 Å². The van der Waals surface area contributed by atoms with Crippen LogP contribution in [0, 0.1) is 0 Å². The Bertz CT molecular complexity index is 506. The molecule has 0 saturated carbocycles. The third-order valence-corrected chi connectivity index (χ3v) is 3.29. The molecule has 18 heavy (non-hydrogen) atoms. The minimum absolute atomic E-state index is 0.730. The molecule has 2 rings (SSSR count). The SMILES string of the molecule is CCNc1nnc(-c2c(OC)cccc2OC)s1. The summed E-state index contributed by atoms with van der Waals surface area (Å²) in [7, 11) is 3.26. The van der Waals surface area contributed by atoms with Crippen LogP contribution in [0.5, 0.6) is 11.5 Å². The van der Waals surface area contributed by atoms with Gasteiger partial charge in [0.1, 0.15) is 11.5 Å². The summed E-state index contributed by atoms with van der Waals surface area (Å²) in [5.74, 6) is 1.46. The Labute approximate surface area is 110 Å². The molecule has 0 saturated heterocycles. The van der Waals surface area contributed by atoms with Gasteiger partial charge in [0, 0.05) is 6.54 Å². The summed E-state index contributed by atoms with van der Waals surface area (Å²) in [4.78, 5) is 0. The van der Waals surface area contributed by atoms with Crippen LogP contribution in [0.1, 0.15) is 6.92 Å². The number of ether oxygens (including phenoxy) is 2. The number of nitrogens with zero attached hydrogens (tertiary/aromatic N) is 2. The van der Waals surface area contributed by atoms with Gasteiger partial charge >= 0.3 is 0 Å². The summed E-state index contributed by atoms with van der Waals surface area (Å²) < 4.78 is 10.7. The highest BCUT2D eigenvalue weighted by Gasteiger charge is 2.16. The molecule has 1 aromatic carbocycles. The lowest BCUT2D eigenvalue weighted by molar-refractivity contribution is 0.397. The maximum atomic E-state index is 5.35. The quantitative estimate of drug-likeness (QED) is 0.900. The van der Waals surface area contributed by atoms with E-state index in [1.807, 2.05) is 25.1 Å². The molecule has 0 amide bonds. The predicted molar refractivity (Wildman–Crippen MR) is 72.6 cm³/mol. The molecule has 0 spiro atoms. The largest absolute Gasteiger partial charge is 0.496 e. The zero-order chi connectivity index (χ0) is 13.0. The molecule has 1 N–H and O–H groups in total. The molecule has 5 nitrogen and oxygen atoms in total. The Kier molecular flexibility index (Phi) is 3.99. The number of methoxy groups -OCH3 is 2. The molecule has 2 aromatic rings. The van der Waals surface area contributed by atoms with Crippen LogP contribution in [0.4, 0.5) is 5.13 Å². The topological polar surface area (TPSA) is 56.3 Å². The monoisotopic (exact) mass is 265 g/mol. The summed E-state index contributed by atoms with van der Waals surface area (Å²) in [6.45, 7) is 2.84. The van der Waals surface area contributed by atoms with Gasteiger partial charge in [0.25, 0.3) is 0 Å². The van der Waals surface area contributed by atoms with Crippen LogP contribution in [0.15, 0.2) is 18.2 Å². The fraction of sp³-hybridized carbons (Fsp3) is 0.333. The average Bonchev–Trinajstić information content (AvgIpc) is 2.86. The van der Waals surface area contributed by atoms with Crippen molar-refractivity contribution in [2.75, 3.05) is 26.1 Å². The molecule has 0 aliphatic rings. The van der Waals surface area contributed by atoms with Gasteiger partial charge in [-0.25, -0.2) is 0 Å². The molecule has 1 aromatic heterocycles. The first-order valence-corrected chi connectivity index (χ1v) is 6.40. The zero-order valence-electron chi connectivity index (χ0n) is 10.6. The summed E-state index contributed by atoms with van der Waals surface area (Å²) in [5.41, 5.74) is 0.837. The number of nitrogens with one attached hydrogen (secondary N) is 1. The first-order chi connectivity index (χ1) is 8.80. The standard InChI is InChI=1S/C12H15N3O2S/c1-4-13-12-15-14-11(18-12)10-8(16-2)6-5-7-9(10)17-3/h5-7H,4H2,1-3H3,(H,13,15). The van der Waals surface area contributed by atoms with Gasteiger partial charge in [-0.3, -0.25) is 0 Å². The minimum atomic E-state index is 0.730. The predicted octanol–water partition coefficient (Wildman–Crippen LogP) is 2.65. The van der Waals surface area contributed by atoms with Gasteiger partial charge in [-0.2, -0.15) is 0 Å². The highest BCUT2D eigenvalue weighted by Crippen LogP contribution is 2.40. The smallest absolute Gasteiger partial charge is 0.206 e. The van der Waals surface area contributed by atoms with Crippen LogP contribution >= 0.6 is 11.3 Å². The third-order valence-electron chi connectivity index (χ3n) is 2.39. The first-order valence-electron chi connectivity index (χ1n) is 5.58. The molecular formula is C12H15N3O2S. The fourth-order valence-corrected chi connectivity index (χ4v) is 2.48. The molecule has 6 heteroatoms. The molecule has 0 bridgehead atoms. The first kappa shape index (κ1) is 12.6. The van der Waals surface area contributed by atoms with Crippen molar-refractivity contribution in [3.05, 3.63) is 18.2 Å². The van der Waals surface area contributed by atoms with Crippen molar-refractivity contribution in [2.24, 2.45) is 0 Å². The van der Waals surface area contributed by atoms with Gasteiger partial charge in [-0.1, -0.05) is 17.4 Å². The zero-order valence-corrected chi connectivity index (χ0v) is 11.4. The maximum absolute atomic E-state index is 5.35. The Morgan fingerprint density at radius 3 is 2.39 bits per heavy atom. The summed E-state index contributed by atoms with van der Waals surface area (Å²) in [6.07, 6.45) is 0. The van der Waals surface area contributed by atoms with E-state index in [-0.39, 0.29) is 0 Å². The van der Waals surface area contributed by atoms with E-state index in [1.54, 1.807) is 14.2 Å². The molecule has 1 heterocycles. The van der Waals surface area contributed by atoms with Gasteiger partial charge in [-0.05, 0) is 19.1 Å². The lowest BCUT2D eigenvalue weighted by Gasteiger charge is -2.09. The summed E-state index contributed by atoms with van der Waals surface area (Å²) >= 11 is 1.48. The molecule has 0 radical (unpaired) electrons. The fourth-order valence-electron chi connectivity index (χ4n) is 1.61. The molecule has 0 unspecified atom stereocenters. The van der Waals surface area contributed by atoms with E-state index < -0.39 is 0 Å². The van der Waals surface area contributed by atoms with Crippen LogP contribution in [-0.2, 0) is 0 Å². The second-order valence-corrected chi connectivity index (χ2v) is 4.46. The molecule has 0 fully saturated rings. The highest BCUT2D eigenvalue weighted by atomic mass is 32.1. The summed E-state index contributed by atoms with van der Waals surface area (Å²) in [6, 6.07) is 5.64. The van der Waals surface area contributed by atoms with E-state index in [1.165, 1.54) is 11.3 Å². The van der Waals surface area contributed by atoms with Crippen LogP contribution < -0.4 is 14.8 Å². The average molecular weight is 265 g/mol. The Hall–Kier alpha value is -1.82. The Balaban J connectivity index is 2.47. The van der Waals surface area contributed by atoms with Crippen molar-refractivity contribution in [3.8, 4) is 22.1 Å². The molecule has 0 atom stereocenters. The molecule has 0 aliphatic heterocycles. The summed E-state index contributed by atoms with van der Waals surface area (Å²) in [5, 5.41) is 13.0. The molecular weight excluding hydrogens is 250 g/mol. The number of aromatic nitrogens is 2. The number of rotatable bonds is 5. The van der Waals surface area contributed by atoms with Crippen LogP contribution in [-0.4, -0.2) is 31.0 Å². The van der Waals surface area contributed by atoms with Crippen molar-refractivity contribution >= 4 is 16.5 Å². The third kappa shape index (κ3) is 2.38. The van der Waals surface area contributed by atoms with Gasteiger partial charge in [0.2, 0.25) is 5.13 Å². The Morgan fingerprint density at radius 2 is 1.83 bits per heavy atom. The number of hydrogen-bond donors (Lipinski definition) is 1. The van der Waals surface area contributed by atoms with Gasteiger partial charge in [0.15, 0.2) is 5.01 Å². The normalized spacial score (nSPS) is 10.2. The Morgan fingerprint density at radius 1 is 1.17 bits per heavy atom. The van der Waals surface area contributed by atoms with Crippen LogP contribution in [0.3, 0.4) is 0 Å². The van der Waals surface area contributed by atoms with E-state index in [4.69, 9.17) is 9.47 Å². The molecule has 0 aliphatic carbocycles. The maximum Gasteiger partial charge on any atom is 0.206 e. The van der Waals surface area contributed by atoms with Gasteiger partial charge in [-0.15, -0.1) is 10.2 Å². The van der Waals surface area contributed by atoms with Crippen LogP contribution in [0.25, 0.3) is 10.6 Å². The van der Waals surface area contributed by atoms with Crippen molar-refractivity contribution in [3.63, 3.8) is 0 Å². The second-order valence-electron chi connectivity index (χ2n) is 3.48. The lowest BCUT2D eigenvalue weighted by Crippen LogP contribution is -1.94. The van der Waals surface area contributed by atoms with E-state index >= 15 is 0 Å². The molecule has 96 valence electrons. The minimum Gasteiger partial charge on any atom is -0.496 e. The van der Waals surface area contributed by atoms with Crippen molar-refractivity contribution in [2.45, 2.75) is 6.92 Å². The van der Waals surface area contributed by atoms with E-state index in [2.05, 4.69) is 15.5 Å². The second kappa shape index (κ2) is 5.68. The van der Waals surface area contributed by atoms with Crippen molar-refractivity contribution in [1.82, 2.24) is 10.2 Å². The van der Waals surface area contributed by atoms with E-state index in [0.717, 1.165) is 33.7 Å². The van der Waals surface area contributed by atoms with Gasteiger partial charge in [0.05, 0.1) is 19.8 Å². The van der Waals surface area contributed by atoms with Crippen molar-refractivity contribution < 1.29 is 9.47 Å². The lowest BCUT2D eigenvalue weighted by atomic mass is 10.2. The van der Waals surface area contributed by atoms with Crippen LogP contribution in [0.2, 0.25) is 0 Å². The number of hydrogen-bond acceptors (Lipinski definition) is 6. The van der Waals surface area contributed by atoms with Crippen molar-refractivity contribution in [1.29, 1.82) is 0 Å². The van der Waals surface area contributed by atoms with E-state index in [9.17, 15) is 0 Å². The highest BCUT2D eigenvalue weighted by molar-refractivity contribution is 7.18. The van der Waals surface area contributed by atoms with E-state index in [0.29, 0.717) is 0 Å². The number of benzene rings is 1. The number of anilines is 1.